The Bertz CT molecular complexity index is 488. The number of rotatable bonds is 4. The van der Waals surface area contributed by atoms with E-state index < -0.39 is 0 Å². The Morgan fingerprint density at radius 3 is 3.17 bits per heavy atom. The number of pyridine rings is 1. The zero-order valence-electron chi connectivity index (χ0n) is 9.93. The van der Waals surface area contributed by atoms with Gasteiger partial charge in [-0.3, -0.25) is 9.69 Å². The van der Waals surface area contributed by atoms with Gasteiger partial charge in [-0.05, 0) is 41.1 Å². The van der Waals surface area contributed by atoms with Gasteiger partial charge in [0, 0.05) is 25.8 Å². The Kier molecular flexibility index (Phi) is 4.87. The monoisotopic (exact) mass is 363 g/mol. The predicted octanol–water partition coefficient (Wildman–Crippen LogP) is 2.16. The summed E-state index contributed by atoms with van der Waals surface area (Å²) in [5.74, 6) is 0. The van der Waals surface area contributed by atoms with Gasteiger partial charge >= 0.3 is 0 Å². The predicted molar refractivity (Wildman–Crippen MR) is 78.9 cm³/mol. The molecule has 2 rings (SSSR count). The van der Waals surface area contributed by atoms with E-state index in [-0.39, 0.29) is 18.3 Å². The second-order valence-electron chi connectivity index (χ2n) is 4.26. The van der Waals surface area contributed by atoms with E-state index in [2.05, 4.69) is 4.99 Å². The Morgan fingerprint density at radius 1 is 1.61 bits per heavy atom. The number of hydrogen-bond acceptors (Lipinski definition) is 3. The van der Waals surface area contributed by atoms with Gasteiger partial charge in [0.25, 0.3) is 5.56 Å². The lowest BCUT2D eigenvalue weighted by molar-refractivity contribution is 0.287. The molecule has 1 fully saturated rings. The summed E-state index contributed by atoms with van der Waals surface area (Å²) in [6.45, 7) is 1.71. The molecule has 0 spiro atoms. The second kappa shape index (κ2) is 6.42. The molecule has 0 bridgehead atoms. The lowest BCUT2D eigenvalue weighted by Gasteiger charge is -2.16. The molecule has 1 aromatic rings. The highest BCUT2D eigenvalue weighted by Gasteiger charge is 2.24. The molecule has 1 aliphatic rings. The summed E-state index contributed by atoms with van der Waals surface area (Å²) < 4.78 is 15.6. The van der Waals surface area contributed by atoms with Crippen LogP contribution in [0.25, 0.3) is 0 Å². The van der Waals surface area contributed by atoms with E-state index in [1.807, 2.05) is 33.6 Å². The molecule has 6 heteroatoms. The van der Waals surface area contributed by atoms with Crippen molar-refractivity contribution in [1.82, 2.24) is 9.47 Å². The molecule has 0 radical (unpaired) electrons. The fourth-order valence-corrected chi connectivity index (χ4v) is 2.60. The Morgan fingerprint density at radius 2 is 2.44 bits per heavy atom. The molecule has 1 aromatic heterocycles. The van der Waals surface area contributed by atoms with Gasteiger partial charge in [-0.25, -0.2) is 9.38 Å². The smallest absolute Gasteiger partial charge is 0.276 e. The standard InChI is InChI=1S/C12H15FIN3O/c13-4-7-16-6-3-10(8-16)17-5-1-2-11(12(17)18)15-9-14/h1-2,5,9-10H,3-4,6-8H2/t10-/m1/s1. The molecule has 0 aliphatic carbocycles. The third kappa shape index (κ3) is 2.97. The molecule has 0 aromatic carbocycles. The number of halogens is 2. The van der Waals surface area contributed by atoms with Crippen LogP contribution in [0.2, 0.25) is 0 Å². The van der Waals surface area contributed by atoms with Crippen LogP contribution in [0, 0.1) is 0 Å². The topological polar surface area (TPSA) is 37.6 Å². The number of aliphatic imine (C=N–C) groups is 1. The van der Waals surface area contributed by atoms with Gasteiger partial charge in [0.05, 0.1) is 10.3 Å². The van der Waals surface area contributed by atoms with E-state index in [0.717, 1.165) is 19.5 Å². The highest BCUT2D eigenvalue weighted by atomic mass is 127. The van der Waals surface area contributed by atoms with Gasteiger partial charge in [-0.2, -0.15) is 0 Å². The van der Waals surface area contributed by atoms with Crippen LogP contribution in [0.15, 0.2) is 28.1 Å². The zero-order valence-corrected chi connectivity index (χ0v) is 12.1. The van der Waals surface area contributed by atoms with Gasteiger partial charge in [-0.1, -0.05) is 0 Å². The van der Waals surface area contributed by atoms with Crippen molar-refractivity contribution in [2.24, 2.45) is 4.99 Å². The van der Waals surface area contributed by atoms with E-state index in [0.29, 0.717) is 12.2 Å². The summed E-state index contributed by atoms with van der Waals surface area (Å²) in [5.41, 5.74) is 0.383. The average Bonchev–Trinajstić information content (AvgIpc) is 2.81. The highest BCUT2D eigenvalue weighted by molar-refractivity contribution is 14.1. The van der Waals surface area contributed by atoms with E-state index in [9.17, 15) is 9.18 Å². The summed E-state index contributed by atoms with van der Waals surface area (Å²) in [4.78, 5) is 18.3. The second-order valence-corrected chi connectivity index (χ2v) is 4.82. The Labute approximate surface area is 119 Å². The molecule has 1 saturated heterocycles. The number of alkyl halides is 1. The SMILES string of the molecule is O=c1c(N=CI)cccn1[C@@H]1CCN(CCF)C1. The van der Waals surface area contributed by atoms with E-state index >= 15 is 0 Å². The largest absolute Gasteiger partial charge is 0.309 e. The quantitative estimate of drug-likeness (QED) is 0.608. The van der Waals surface area contributed by atoms with Crippen LogP contribution >= 0.6 is 22.6 Å². The van der Waals surface area contributed by atoms with Crippen LogP contribution in [0.1, 0.15) is 12.5 Å². The number of nitrogens with zero attached hydrogens (tertiary/aromatic N) is 3. The van der Waals surface area contributed by atoms with Gasteiger partial charge in [0.2, 0.25) is 0 Å². The van der Waals surface area contributed by atoms with Crippen molar-refractivity contribution in [2.75, 3.05) is 26.3 Å². The normalized spacial score (nSPS) is 20.9. The summed E-state index contributed by atoms with van der Waals surface area (Å²) in [7, 11) is 0. The molecule has 0 unspecified atom stereocenters. The maximum atomic E-state index is 12.3. The van der Waals surface area contributed by atoms with Crippen molar-refractivity contribution in [2.45, 2.75) is 12.5 Å². The molecular weight excluding hydrogens is 348 g/mol. The average molecular weight is 363 g/mol. The van der Waals surface area contributed by atoms with Crippen molar-refractivity contribution in [1.29, 1.82) is 0 Å². The van der Waals surface area contributed by atoms with Crippen molar-refractivity contribution < 1.29 is 4.39 Å². The zero-order chi connectivity index (χ0) is 13.0. The molecule has 0 saturated carbocycles. The van der Waals surface area contributed by atoms with Gasteiger partial charge in [0.1, 0.15) is 12.4 Å². The molecule has 4 nitrogen and oxygen atoms in total. The van der Waals surface area contributed by atoms with Crippen molar-refractivity contribution >= 4 is 32.5 Å². The first-order valence-electron chi connectivity index (χ1n) is 5.88. The van der Waals surface area contributed by atoms with Crippen LogP contribution in [0.4, 0.5) is 10.1 Å². The first kappa shape index (κ1) is 13.7. The number of aromatic nitrogens is 1. The van der Waals surface area contributed by atoms with E-state index in [1.54, 1.807) is 21.1 Å². The Balaban J connectivity index is 2.20. The number of hydrogen-bond donors (Lipinski definition) is 0. The number of likely N-dealkylation sites (tertiary alicyclic amines) is 1. The van der Waals surface area contributed by atoms with Crippen LogP contribution in [-0.2, 0) is 0 Å². The maximum absolute atomic E-state index is 12.3. The fraction of sp³-hybridized carbons (Fsp3) is 0.500. The van der Waals surface area contributed by atoms with Crippen LogP contribution in [-0.4, -0.2) is 40.0 Å². The minimum Gasteiger partial charge on any atom is -0.309 e. The molecule has 0 N–H and O–H groups in total. The van der Waals surface area contributed by atoms with Gasteiger partial charge in [0.15, 0.2) is 0 Å². The van der Waals surface area contributed by atoms with E-state index in [4.69, 9.17) is 0 Å². The fourth-order valence-electron chi connectivity index (χ4n) is 2.30. The van der Waals surface area contributed by atoms with Gasteiger partial charge in [-0.15, -0.1) is 0 Å². The summed E-state index contributed by atoms with van der Waals surface area (Å²) in [5, 5.41) is 0. The molecule has 2 heterocycles. The maximum Gasteiger partial charge on any atom is 0.276 e. The summed E-state index contributed by atoms with van der Waals surface area (Å²) in [6.07, 6.45) is 2.68. The molecule has 1 aliphatic heterocycles. The lowest BCUT2D eigenvalue weighted by Crippen LogP contribution is -2.28. The van der Waals surface area contributed by atoms with Crippen molar-refractivity contribution in [3.8, 4) is 0 Å². The molecule has 98 valence electrons. The molecule has 0 amide bonds. The first-order valence-corrected chi connectivity index (χ1v) is 7.13. The van der Waals surface area contributed by atoms with E-state index in [1.165, 1.54) is 0 Å². The molecular formula is C12H15FIN3O. The highest BCUT2D eigenvalue weighted by Crippen LogP contribution is 2.20. The summed E-state index contributed by atoms with van der Waals surface area (Å²) in [6, 6.07) is 3.67. The Hall–Kier alpha value is -0.760. The minimum atomic E-state index is -0.333. The minimum absolute atomic E-state index is 0.0717. The van der Waals surface area contributed by atoms with Crippen molar-refractivity contribution in [3.63, 3.8) is 0 Å². The van der Waals surface area contributed by atoms with Crippen molar-refractivity contribution in [3.05, 3.63) is 28.7 Å². The lowest BCUT2D eigenvalue weighted by atomic mass is 10.2. The van der Waals surface area contributed by atoms with Crippen LogP contribution < -0.4 is 5.56 Å². The van der Waals surface area contributed by atoms with Crippen LogP contribution in [0.3, 0.4) is 0 Å². The third-order valence-electron chi connectivity index (χ3n) is 3.18. The van der Waals surface area contributed by atoms with Crippen LogP contribution in [0.5, 0.6) is 0 Å². The molecule has 1 atom stereocenters. The third-order valence-corrected chi connectivity index (χ3v) is 3.46. The molecule has 18 heavy (non-hydrogen) atoms. The summed E-state index contributed by atoms with van der Waals surface area (Å²) >= 11 is 1.99. The van der Waals surface area contributed by atoms with Gasteiger partial charge < -0.3 is 4.57 Å². The first-order chi connectivity index (χ1) is 8.76.